The van der Waals surface area contributed by atoms with E-state index in [1.807, 2.05) is 30.7 Å². The highest BCUT2D eigenvalue weighted by Crippen LogP contribution is 2.18. The fourth-order valence-electron chi connectivity index (χ4n) is 2.09. The number of imidazole rings is 1. The van der Waals surface area contributed by atoms with Crippen LogP contribution in [0.1, 0.15) is 44.1 Å². The number of halogens is 1. The van der Waals surface area contributed by atoms with Gasteiger partial charge in [-0.05, 0) is 38.5 Å². The molecule has 0 spiro atoms. The van der Waals surface area contributed by atoms with E-state index in [4.69, 9.17) is 11.6 Å². The van der Waals surface area contributed by atoms with Crippen molar-refractivity contribution in [3.05, 3.63) is 53.1 Å². The van der Waals surface area contributed by atoms with Crippen LogP contribution < -0.4 is 5.32 Å². The summed E-state index contributed by atoms with van der Waals surface area (Å²) in [5.74, 6) is 0. The van der Waals surface area contributed by atoms with Gasteiger partial charge in [-0.3, -0.25) is 0 Å². The largest absolute Gasteiger partial charge is 0.331 e. The van der Waals surface area contributed by atoms with Crippen LogP contribution in [0.15, 0.2) is 36.8 Å². The first-order valence-corrected chi connectivity index (χ1v) is 6.95. The van der Waals surface area contributed by atoms with Gasteiger partial charge in [-0.15, -0.1) is 0 Å². The summed E-state index contributed by atoms with van der Waals surface area (Å²) in [6.45, 7) is 7.25. The molecule has 0 aliphatic carbocycles. The topological polar surface area (TPSA) is 29.9 Å². The van der Waals surface area contributed by atoms with Gasteiger partial charge in [-0.1, -0.05) is 23.7 Å². The molecular formula is C15H20ClN3. The lowest BCUT2D eigenvalue weighted by Crippen LogP contribution is -2.20. The zero-order chi connectivity index (χ0) is 13.8. The minimum Gasteiger partial charge on any atom is -0.331 e. The minimum atomic E-state index is 0.259. The molecule has 4 heteroatoms. The molecule has 0 saturated carbocycles. The Kier molecular flexibility index (Phi) is 4.61. The van der Waals surface area contributed by atoms with Crippen LogP contribution in [0, 0.1) is 0 Å². The smallest absolute Gasteiger partial charge is 0.0951 e. The van der Waals surface area contributed by atoms with E-state index in [0.717, 1.165) is 11.6 Å². The monoisotopic (exact) mass is 277 g/mol. The SMILES string of the molecule is CC(NCc1cncn1C(C)C)c1cccc(Cl)c1. The summed E-state index contributed by atoms with van der Waals surface area (Å²) >= 11 is 6.01. The molecule has 1 unspecified atom stereocenters. The van der Waals surface area contributed by atoms with Crippen molar-refractivity contribution in [2.45, 2.75) is 39.4 Å². The average molecular weight is 278 g/mol. The van der Waals surface area contributed by atoms with Gasteiger partial charge in [0.25, 0.3) is 0 Å². The number of nitrogens with one attached hydrogen (secondary N) is 1. The molecule has 2 rings (SSSR count). The molecule has 102 valence electrons. The third-order valence-corrected chi connectivity index (χ3v) is 3.48. The highest BCUT2D eigenvalue weighted by atomic mass is 35.5. The van der Waals surface area contributed by atoms with Crippen molar-refractivity contribution in [2.75, 3.05) is 0 Å². The standard InChI is InChI=1S/C15H20ClN3/c1-11(2)19-10-17-8-15(19)9-18-12(3)13-5-4-6-14(16)7-13/h4-8,10-12,18H,9H2,1-3H3. The van der Waals surface area contributed by atoms with E-state index < -0.39 is 0 Å². The van der Waals surface area contributed by atoms with Gasteiger partial charge in [0, 0.05) is 29.8 Å². The van der Waals surface area contributed by atoms with Gasteiger partial charge < -0.3 is 9.88 Å². The molecule has 1 N–H and O–H groups in total. The molecule has 1 aromatic heterocycles. The predicted octanol–water partition coefficient (Wildman–Crippen LogP) is 3.97. The molecule has 2 aromatic rings. The van der Waals surface area contributed by atoms with Crippen LogP contribution in [0.2, 0.25) is 5.02 Å². The summed E-state index contributed by atoms with van der Waals surface area (Å²) in [4.78, 5) is 4.21. The fraction of sp³-hybridized carbons (Fsp3) is 0.400. The van der Waals surface area contributed by atoms with Crippen molar-refractivity contribution in [2.24, 2.45) is 0 Å². The molecule has 0 fully saturated rings. The summed E-state index contributed by atoms with van der Waals surface area (Å²) in [6.07, 6.45) is 3.80. The minimum absolute atomic E-state index is 0.259. The van der Waals surface area contributed by atoms with E-state index in [1.54, 1.807) is 0 Å². The van der Waals surface area contributed by atoms with Crippen molar-refractivity contribution in [3.8, 4) is 0 Å². The zero-order valence-corrected chi connectivity index (χ0v) is 12.4. The van der Waals surface area contributed by atoms with Crippen LogP contribution in [0.3, 0.4) is 0 Å². The number of hydrogen-bond acceptors (Lipinski definition) is 2. The predicted molar refractivity (Wildman–Crippen MR) is 79.3 cm³/mol. The number of rotatable bonds is 5. The lowest BCUT2D eigenvalue weighted by atomic mass is 10.1. The van der Waals surface area contributed by atoms with Crippen LogP contribution in [-0.4, -0.2) is 9.55 Å². The highest BCUT2D eigenvalue weighted by molar-refractivity contribution is 6.30. The second kappa shape index (κ2) is 6.22. The molecule has 0 aliphatic rings. The quantitative estimate of drug-likeness (QED) is 0.896. The number of aromatic nitrogens is 2. The maximum atomic E-state index is 6.01. The van der Waals surface area contributed by atoms with Gasteiger partial charge in [0.2, 0.25) is 0 Å². The third kappa shape index (κ3) is 3.58. The van der Waals surface area contributed by atoms with E-state index in [2.05, 4.69) is 41.7 Å². The van der Waals surface area contributed by atoms with Gasteiger partial charge >= 0.3 is 0 Å². The number of hydrogen-bond donors (Lipinski definition) is 1. The van der Waals surface area contributed by atoms with Gasteiger partial charge in [0.1, 0.15) is 0 Å². The first-order chi connectivity index (χ1) is 9.08. The summed E-state index contributed by atoms with van der Waals surface area (Å²) < 4.78 is 2.18. The lowest BCUT2D eigenvalue weighted by Gasteiger charge is -2.17. The van der Waals surface area contributed by atoms with Crippen LogP contribution in [0.25, 0.3) is 0 Å². The second-order valence-electron chi connectivity index (χ2n) is 5.04. The Morgan fingerprint density at radius 2 is 2.11 bits per heavy atom. The third-order valence-electron chi connectivity index (χ3n) is 3.24. The summed E-state index contributed by atoms with van der Waals surface area (Å²) in [7, 11) is 0. The second-order valence-corrected chi connectivity index (χ2v) is 5.48. The Morgan fingerprint density at radius 3 is 2.79 bits per heavy atom. The molecule has 1 heterocycles. The van der Waals surface area contributed by atoms with Crippen molar-refractivity contribution < 1.29 is 0 Å². The molecule has 1 aromatic carbocycles. The zero-order valence-electron chi connectivity index (χ0n) is 11.6. The molecule has 3 nitrogen and oxygen atoms in total. The van der Waals surface area contributed by atoms with E-state index in [-0.39, 0.29) is 6.04 Å². The van der Waals surface area contributed by atoms with Crippen molar-refractivity contribution >= 4 is 11.6 Å². The molecular weight excluding hydrogens is 258 g/mol. The molecule has 1 atom stereocenters. The Labute approximate surface area is 119 Å². The summed E-state index contributed by atoms with van der Waals surface area (Å²) in [5.41, 5.74) is 2.40. The highest BCUT2D eigenvalue weighted by Gasteiger charge is 2.09. The Morgan fingerprint density at radius 1 is 1.32 bits per heavy atom. The molecule has 0 radical (unpaired) electrons. The molecule has 0 bridgehead atoms. The fourth-order valence-corrected chi connectivity index (χ4v) is 2.28. The summed E-state index contributed by atoms with van der Waals surface area (Å²) in [5, 5.41) is 4.28. The molecule has 0 aliphatic heterocycles. The Bertz CT molecular complexity index is 534. The van der Waals surface area contributed by atoms with Crippen molar-refractivity contribution in [3.63, 3.8) is 0 Å². The number of nitrogens with zero attached hydrogens (tertiary/aromatic N) is 2. The number of benzene rings is 1. The first-order valence-electron chi connectivity index (χ1n) is 6.57. The Balaban J connectivity index is 2.00. The first kappa shape index (κ1) is 14.1. The van der Waals surface area contributed by atoms with Crippen molar-refractivity contribution in [1.82, 2.24) is 14.9 Å². The van der Waals surface area contributed by atoms with Crippen LogP contribution >= 0.6 is 11.6 Å². The van der Waals surface area contributed by atoms with Crippen LogP contribution in [-0.2, 0) is 6.54 Å². The molecule has 19 heavy (non-hydrogen) atoms. The Hall–Kier alpha value is -1.32. The van der Waals surface area contributed by atoms with E-state index in [1.165, 1.54) is 11.3 Å². The van der Waals surface area contributed by atoms with Crippen LogP contribution in [0.4, 0.5) is 0 Å². The maximum Gasteiger partial charge on any atom is 0.0951 e. The summed E-state index contributed by atoms with van der Waals surface area (Å²) in [6, 6.07) is 8.65. The molecule has 0 amide bonds. The van der Waals surface area contributed by atoms with E-state index in [9.17, 15) is 0 Å². The normalized spacial score (nSPS) is 12.9. The average Bonchev–Trinajstić information content (AvgIpc) is 2.84. The van der Waals surface area contributed by atoms with Crippen molar-refractivity contribution in [1.29, 1.82) is 0 Å². The molecule has 0 saturated heterocycles. The van der Waals surface area contributed by atoms with Gasteiger partial charge in [-0.25, -0.2) is 4.98 Å². The van der Waals surface area contributed by atoms with Crippen LogP contribution in [0.5, 0.6) is 0 Å². The van der Waals surface area contributed by atoms with Gasteiger partial charge in [0.15, 0.2) is 0 Å². The maximum absolute atomic E-state index is 6.01. The lowest BCUT2D eigenvalue weighted by molar-refractivity contribution is 0.518. The van der Waals surface area contributed by atoms with Gasteiger partial charge in [-0.2, -0.15) is 0 Å². The van der Waals surface area contributed by atoms with Gasteiger partial charge in [0.05, 0.1) is 12.0 Å². The van der Waals surface area contributed by atoms with E-state index in [0.29, 0.717) is 6.04 Å². The van der Waals surface area contributed by atoms with E-state index >= 15 is 0 Å².